The Hall–Kier alpha value is -3.02. The van der Waals surface area contributed by atoms with Gasteiger partial charge in [-0.2, -0.15) is 0 Å². The number of carbonyl (C=O) groups is 2. The number of furan rings is 1. The third-order valence-electron chi connectivity index (χ3n) is 4.91. The lowest BCUT2D eigenvalue weighted by Crippen LogP contribution is -2.36. The van der Waals surface area contributed by atoms with Gasteiger partial charge in [0.2, 0.25) is 11.8 Å². The minimum absolute atomic E-state index is 0.0192. The first-order chi connectivity index (χ1) is 13.5. The number of hydrogen-bond acceptors (Lipinski definition) is 4. The van der Waals surface area contributed by atoms with Crippen LogP contribution in [0.4, 0.5) is 5.69 Å². The van der Waals surface area contributed by atoms with Crippen molar-refractivity contribution in [1.82, 2.24) is 4.90 Å². The number of amides is 2. The maximum atomic E-state index is 12.4. The van der Waals surface area contributed by atoms with Gasteiger partial charge in [0.05, 0.1) is 7.11 Å². The van der Waals surface area contributed by atoms with Crippen LogP contribution < -0.4 is 10.1 Å². The summed E-state index contributed by atoms with van der Waals surface area (Å²) in [6.45, 7) is 4.45. The van der Waals surface area contributed by atoms with Crippen molar-refractivity contribution in [3.63, 3.8) is 0 Å². The summed E-state index contributed by atoms with van der Waals surface area (Å²) in [7, 11) is 1.59. The highest BCUT2D eigenvalue weighted by Gasteiger charge is 2.36. The molecule has 28 heavy (non-hydrogen) atoms. The Morgan fingerprint density at radius 2 is 1.96 bits per heavy atom. The molecule has 1 fully saturated rings. The normalized spacial score (nSPS) is 18.1. The highest BCUT2D eigenvalue weighted by Crippen LogP contribution is 2.47. The van der Waals surface area contributed by atoms with Crippen molar-refractivity contribution in [3.8, 4) is 5.75 Å². The van der Waals surface area contributed by atoms with Crippen LogP contribution in [0.3, 0.4) is 0 Å². The lowest BCUT2D eigenvalue weighted by Gasteiger charge is -2.18. The van der Waals surface area contributed by atoms with Crippen molar-refractivity contribution in [3.05, 3.63) is 54.0 Å². The van der Waals surface area contributed by atoms with E-state index < -0.39 is 0 Å². The van der Waals surface area contributed by atoms with E-state index in [0.717, 1.165) is 12.2 Å². The van der Waals surface area contributed by atoms with E-state index in [-0.39, 0.29) is 18.4 Å². The summed E-state index contributed by atoms with van der Waals surface area (Å²) in [5.74, 6) is 3.04. The zero-order valence-electron chi connectivity index (χ0n) is 16.5. The average Bonchev–Trinajstić information content (AvgIpc) is 3.24. The highest BCUT2D eigenvalue weighted by atomic mass is 16.5. The molecule has 148 valence electrons. The van der Waals surface area contributed by atoms with E-state index >= 15 is 0 Å². The molecule has 0 saturated heterocycles. The molecule has 0 bridgehead atoms. The van der Waals surface area contributed by atoms with Crippen LogP contribution in [0, 0.1) is 5.92 Å². The minimum Gasteiger partial charge on any atom is -0.497 e. The van der Waals surface area contributed by atoms with Gasteiger partial charge in [-0.25, -0.2) is 0 Å². The molecule has 1 aliphatic rings. The number of rotatable bonds is 8. The molecule has 1 aromatic heterocycles. The summed E-state index contributed by atoms with van der Waals surface area (Å²) < 4.78 is 10.9. The maximum absolute atomic E-state index is 12.4. The number of hydrogen-bond donors (Lipinski definition) is 1. The summed E-state index contributed by atoms with van der Waals surface area (Å²) in [4.78, 5) is 26.2. The molecule has 1 heterocycles. The minimum atomic E-state index is -0.253. The summed E-state index contributed by atoms with van der Waals surface area (Å²) in [6, 6.07) is 10.9. The molecule has 3 rings (SSSR count). The van der Waals surface area contributed by atoms with E-state index in [1.807, 2.05) is 19.1 Å². The first-order valence-corrected chi connectivity index (χ1v) is 9.50. The zero-order valence-corrected chi connectivity index (χ0v) is 16.5. The topological polar surface area (TPSA) is 71.8 Å². The third-order valence-corrected chi connectivity index (χ3v) is 4.91. The summed E-state index contributed by atoms with van der Waals surface area (Å²) >= 11 is 0. The fourth-order valence-electron chi connectivity index (χ4n) is 3.03. The van der Waals surface area contributed by atoms with Crippen molar-refractivity contribution in [1.29, 1.82) is 0 Å². The molecule has 2 amide bonds. The second-order valence-corrected chi connectivity index (χ2v) is 7.02. The van der Waals surface area contributed by atoms with E-state index in [4.69, 9.17) is 9.15 Å². The van der Waals surface area contributed by atoms with Gasteiger partial charge in [-0.05, 0) is 61.7 Å². The van der Waals surface area contributed by atoms with E-state index in [9.17, 15) is 9.59 Å². The fourth-order valence-corrected chi connectivity index (χ4v) is 3.03. The predicted octanol–water partition coefficient (Wildman–Crippen LogP) is 3.91. The highest BCUT2D eigenvalue weighted by molar-refractivity contribution is 5.97. The number of anilines is 1. The Balaban J connectivity index is 1.53. The van der Waals surface area contributed by atoms with Gasteiger partial charge in [0, 0.05) is 24.2 Å². The van der Waals surface area contributed by atoms with Crippen LogP contribution in [-0.2, 0) is 9.59 Å². The molecule has 1 N–H and O–H groups in total. The number of likely N-dealkylation sites (N-methyl/N-ethyl adjacent to an activating group) is 1. The van der Waals surface area contributed by atoms with Gasteiger partial charge >= 0.3 is 0 Å². The van der Waals surface area contributed by atoms with Crippen molar-refractivity contribution < 1.29 is 18.7 Å². The Morgan fingerprint density at radius 3 is 2.57 bits per heavy atom. The van der Waals surface area contributed by atoms with Gasteiger partial charge < -0.3 is 19.4 Å². The number of carbonyl (C=O) groups excluding carboxylic acids is 2. The molecule has 1 saturated carbocycles. The van der Waals surface area contributed by atoms with Crippen LogP contribution in [-0.4, -0.2) is 36.9 Å². The zero-order chi connectivity index (χ0) is 20.1. The van der Waals surface area contributed by atoms with Crippen molar-refractivity contribution in [2.75, 3.05) is 25.5 Å². The lowest BCUT2D eigenvalue weighted by atomic mass is 10.3. The predicted molar refractivity (Wildman–Crippen MR) is 108 cm³/mol. The number of nitrogens with one attached hydrogen (secondary N) is 1. The SMILES string of the molecule is CCN(CC(=O)Nc1ccc(OC)cc1)C(=O)/C=C/c1ccc(C2CC2C)o1. The number of nitrogens with zero attached hydrogens (tertiary/aromatic N) is 1. The van der Waals surface area contributed by atoms with Crippen LogP contribution in [0.15, 0.2) is 46.9 Å². The molecular formula is C22H26N2O4. The Kier molecular flexibility index (Phi) is 6.19. The Morgan fingerprint density at radius 1 is 1.25 bits per heavy atom. The number of methoxy groups -OCH3 is 1. The van der Waals surface area contributed by atoms with E-state index in [1.165, 1.54) is 11.0 Å². The van der Waals surface area contributed by atoms with Crippen LogP contribution in [0.5, 0.6) is 5.75 Å². The second kappa shape index (κ2) is 8.78. The Labute approximate surface area is 165 Å². The molecular weight excluding hydrogens is 356 g/mol. The average molecular weight is 382 g/mol. The number of ether oxygens (including phenoxy) is 1. The molecule has 6 nitrogen and oxygen atoms in total. The molecule has 2 atom stereocenters. The van der Waals surface area contributed by atoms with Gasteiger partial charge in [0.1, 0.15) is 23.8 Å². The second-order valence-electron chi connectivity index (χ2n) is 7.02. The number of benzene rings is 1. The smallest absolute Gasteiger partial charge is 0.247 e. The van der Waals surface area contributed by atoms with Crippen molar-refractivity contribution in [2.45, 2.75) is 26.2 Å². The molecule has 2 aromatic rings. The monoisotopic (exact) mass is 382 g/mol. The van der Waals surface area contributed by atoms with Crippen LogP contribution in [0.1, 0.15) is 37.7 Å². The van der Waals surface area contributed by atoms with Crippen LogP contribution >= 0.6 is 0 Å². The first-order valence-electron chi connectivity index (χ1n) is 9.50. The van der Waals surface area contributed by atoms with E-state index in [0.29, 0.717) is 35.6 Å². The van der Waals surface area contributed by atoms with Gasteiger partial charge in [0.15, 0.2) is 0 Å². The van der Waals surface area contributed by atoms with E-state index in [1.54, 1.807) is 37.5 Å². The van der Waals surface area contributed by atoms with Crippen molar-refractivity contribution in [2.24, 2.45) is 5.92 Å². The molecule has 0 aliphatic heterocycles. The third kappa shape index (κ3) is 5.03. The molecule has 0 radical (unpaired) electrons. The largest absolute Gasteiger partial charge is 0.497 e. The molecule has 2 unspecified atom stereocenters. The fraction of sp³-hybridized carbons (Fsp3) is 0.364. The summed E-state index contributed by atoms with van der Waals surface area (Å²) in [6.07, 6.45) is 4.26. The molecule has 1 aliphatic carbocycles. The quantitative estimate of drug-likeness (QED) is 0.703. The van der Waals surface area contributed by atoms with Gasteiger partial charge in [-0.3, -0.25) is 9.59 Å². The summed E-state index contributed by atoms with van der Waals surface area (Å²) in [5, 5.41) is 2.78. The van der Waals surface area contributed by atoms with Crippen LogP contribution in [0.2, 0.25) is 0 Å². The standard InChI is InChI=1S/C22H26N2O4/c1-4-24(14-21(25)23-16-5-7-17(27-3)8-6-16)22(26)12-10-18-9-11-20(28-18)19-13-15(19)2/h5-12,15,19H,4,13-14H2,1-3H3,(H,23,25)/b12-10+. The molecule has 1 aromatic carbocycles. The Bertz CT molecular complexity index is 854. The lowest BCUT2D eigenvalue weighted by molar-refractivity contribution is -0.130. The summed E-state index contributed by atoms with van der Waals surface area (Å²) in [5.41, 5.74) is 0.655. The van der Waals surface area contributed by atoms with Gasteiger partial charge in [-0.1, -0.05) is 6.92 Å². The first kappa shape index (κ1) is 19.7. The van der Waals surface area contributed by atoms with Gasteiger partial charge in [0.25, 0.3) is 0 Å². The molecule has 0 spiro atoms. The molecule has 6 heteroatoms. The maximum Gasteiger partial charge on any atom is 0.247 e. The van der Waals surface area contributed by atoms with Crippen LogP contribution in [0.25, 0.3) is 6.08 Å². The van der Waals surface area contributed by atoms with Crippen molar-refractivity contribution >= 4 is 23.6 Å². The van der Waals surface area contributed by atoms with Gasteiger partial charge in [-0.15, -0.1) is 0 Å². The van der Waals surface area contributed by atoms with E-state index in [2.05, 4.69) is 12.2 Å².